The number of halogens is 2. The molecule has 1 fully saturated rings. The summed E-state index contributed by atoms with van der Waals surface area (Å²) >= 11 is 5.88. The molecule has 1 amide bonds. The van der Waals surface area contributed by atoms with Gasteiger partial charge >= 0.3 is 0 Å². The van der Waals surface area contributed by atoms with Crippen LogP contribution in [0, 0.1) is 5.41 Å². The van der Waals surface area contributed by atoms with Gasteiger partial charge in [-0.3, -0.25) is 4.79 Å². The molecule has 2 N–H and O–H groups in total. The van der Waals surface area contributed by atoms with E-state index in [0.717, 1.165) is 25.1 Å². The highest BCUT2D eigenvalue weighted by molar-refractivity contribution is 6.30. The number of aromatic nitrogens is 2. The minimum atomic E-state index is 0. The summed E-state index contributed by atoms with van der Waals surface area (Å²) in [5, 5.41) is 4.65. The molecular formula is C18H24Cl2N4O2. The lowest BCUT2D eigenvalue weighted by atomic mass is 9.90. The van der Waals surface area contributed by atoms with Crippen LogP contribution in [-0.2, 0) is 11.2 Å². The highest BCUT2D eigenvalue weighted by Crippen LogP contribution is 2.29. The molecule has 1 aromatic carbocycles. The van der Waals surface area contributed by atoms with Gasteiger partial charge in [-0.15, -0.1) is 12.4 Å². The second-order valence-electron chi connectivity index (χ2n) is 6.95. The van der Waals surface area contributed by atoms with Gasteiger partial charge in [0.1, 0.15) is 0 Å². The molecule has 6 nitrogen and oxygen atoms in total. The molecule has 8 heteroatoms. The number of likely N-dealkylation sites (tertiary alicyclic amines) is 1. The summed E-state index contributed by atoms with van der Waals surface area (Å²) in [6.07, 6.45) is 2.74. The Bertz CT molecular complexity index is 735. The number of carbonyl (C=O) groups is 1. The molecule has 1 aromatic heterocycles. The van der Waals surface area contributed by atoms with E-state index in [9.17, 15) is 4.79 Å². The number of aryl methyl sites for hydroxylation is 1. The number of carbonyl (C=O) groups excluding carboxylic acids is 1. The first-order valence-electron chi connectivity index (χ1n) is 8.55. The highest BCUT2D eigenvalue weighted by atomic mass is 35.5. The predicted octanol–water partition coefficient (Wildman–Crippen LogP) is 3.33. The minimum absolute atomic E-state index is 0. The van der Waals surface area contributed by atoms with Gasteiger partial charge in [0, 0.05) is 36.5 Å². The van der Waals surface area contributed by atoms with Crippen molar-refractivity contribution < 1.29 is 9.32 Å². The van der Waals surface area contributed by atoms with Crippen LogP contribution in [0.25, 0.3) is 11.4 Å². The normalized spacial score (nSPS) is 19.4. The van der Waals surface area contributed by atoms with Crippen molar-refractivity contribution >= 4 is 29.9 Å². The number of hydrogen-bond donors (Lipinski definition) is 1. The van der Waals surface area contributed by atoms with Gasteiger partial charge in [-0.2, -0.15) is 4.98 Å². The molecule has 0 bridgehead atoms. The molecular weight excluding hydrogens is 375 g/mol. The summed E-state index contributed by atoms with van der Waals surface area (Å²) in [6.45, 7) is 4.31. The lowest BCUT2D eigenvalue weighted by Crippen LogP contribution is -2.34. The van der Waals surface area contributed by atoms with E-state index in [4.69, 9.17) is 21.9 Å². The third kappa shape index (κ3) is 4.96. The Morgan fingerprint density at radius 3 is 2.77 bits per heavy atom. The number of hydrogen-bond acceptors (Lipinski definition) is 5. The molecule has 0 aliphatic carbocycles. The molecule has 1 aliphatic heterocycles. The zero-order valence-electron chi connectivity index (χ0n) is 14.8. The van der Waals surface area contributed by atoms with Crippen molar-refractivity contribution in [1.82, 2.24) is 15.0 Å². The monoisotopic (exact) mass is 398 g/mol. The van der Waals surface area contributed by atoms with Crippen LogP contribution >= 0.6 is 24.0 Å². The summed E-state index contributed by atoms with van der Waals surface area (Å²) in [4.78, 5) is 18.6. The van der Waals surface area contributed by atoms with Crippen molar-refractivity contribution in [1.29, 1.82) is 0 Å². The number of amides is 1. The SMILES string of the molecule is CC1(CN)CCN(C(=O)CCCc2nc(-c3ccc(Cl)cc3)no2)C1.Cl. The van der Waals surface area contributed by atoms with Crippen LogP contribution in [0.3, 0.4) is 0 Å². The number of nitrogens with zero attached hydrogens (tertiary/aromatic N) is 3. The third-order valence-electron chi connectivity index (χ3n) is 4.76. The van der Waals surface area contributed by atoms with Crippen molar-refractivity contribution in [2.75, 3.05) is 19.6 Å². The molecule has 142 valence electrons. The zero-order valence-corrected chi connectivity index (χ0v) is 16.4. The highest BCUT2D eigenvalue weighted by Gasteiger charge is 2.34. The van der Waals surface area contributed by atoms with Crippen LogP contribution in [0.4, 0.5) is 0 Å². The molecule has 26 heavy (non-hydrogen) atoms. The van der Waals surface area contributed by atoms with Gasteiger partial charge in [-0.1, -0.05) is 23.7 Å². The van der Waals surface area contributed by atoms with Crippen molar-refractivity contribution in [2.24, 2.45) is 11.1 Å². The van der Waals surface area contributed by atoms with Crippen LogP contribution in [-0.4, -0.2) is 40.6 Å². The fourth-order valence-electron chi connectivity index (χ4n) is 3.02. The molecule has 1 atom stereocenters. The molecule has 0 saturated carbocycles. The maximum absolute atomic E-state index is 12.3. The van der Waals surface area contributed by atoms with Gasteiger partial charge in [-0.25, -0.2) is 0 Å². The molecule has 0 radical (unpaired) electrons. The van der Waals surface area contributed by atoms with Gasteiger partial charge in [0.25, 0.3) is 0 Å². The van der Waals surface area contributed by atoms with Gasteiger partial charge in [0.05, 0.1) is 0 Å². The van der Waals surface area contributed by atoms with E-state index < -0.39 is 0 Å². The van der Waals surface area contributed by atoms with Crippen LogP contribution in [0.1, 0.15) is 32.1 Å². The van der Waals surface area contributed by atoms with Crippen LogP contribution in [0.2, 0.25) is 5.02 Å². The van der Waals surface area contributed by atoms with Crippen molar-refractivity contribution in [3.05, 3.63) is 35.2 Å². The molecule has 1 saturated heterocycles. The predicted molar refractivity (Wildman–Crippen MR) is 103 cm³/mol. The topological polar surface area (TPSA) is 85.2 Å². The maximum atomic E-state index is 12.3. The van der Waals surface area contributed by atoms with Gasteiger partial charge in [-0.05, 0) is 49.1 Å². The zero-order chi connectivity index (χ0) is 17.9. The van der Waals surface area contributed by atoms with Gasteiger partial charge in [0.2, 0.25) is 17.6 Å². The quantitative estimate of drug-likeness (QED) is 0.806. The first kappa shape index (κ1) is 20.7. The summed E-state index contributed by atoms with van der Waals surface area (Å²) in [5.41, 5.74) is 6.71. The van der Waals surface area contributed by atoms with E-state index in [0.29, 0.717) is 42.5 Å². The summed E-state index contributed by atoms with van der Waals surface area (Å²) in [5.74, 6) is 1.26. The van der Waals surface area contributed by atoms with E-state index in [1.807, 2.05) is 17.0 Å². The average Bonchev–Trinajstić information content (AvgIpc) is 3.23. The summed E-state index contributed by atoms with van der Waals surface area (Å²) < 4.78 is 5.27. The number of rotatable bonds is 6. The second kappa shape index (κ2) is 8.84. The Morgan fingerprint density at radius 1 is 1.38 bits per heavy atom. The summed E-state index contributed by atoms with van der Waals surface area (Å²) in [6, 6.07) is 7.28. The summed E-state index contributed by atoms with van der Waals surface area (Å²) in [7, 11) is 0. The van der Waals surface area contributed by atoms with E-state index in [1.165, 1.54) is 0 Å². The van der Waals surface area contributed by atoms with Crippen molar-refractivity contribution in [3.63, 3.8) is 0 Å². The van der Waals surface area contributed by atoms with Crippen LogP contribution in [0.15, 0.2) is 28.8 Å². The second-order valence-corrected chi connectivity index (χ2v) is 7.39. The van der Waals surface area contributed by atoms with Crippen molar-refractivity contribution in [3.8, 4) is 11.4 Å². The Hall–Kier alpha value is -1.63. The first-order chi connectivity index (χ1) is 12.0. The molecule has 3 rings (SSSR count). The van der Waals surface area contributed by atoms with Gasteiger partial charge in [0.15, 0.2) is 0 Å². The fourth-order valence-corrected chi connectivity index (χ4v) is 3.15. The van der Waals surface area contributed by atoms with E-state index in [1.54, 1.807) is 12.1 Å². The molecule has 1 unspecified atom stereocenters. The largest absolute Gasteiger partial charge is 0.342 e. The van der Waals surface area contributed by atoms with Crippen LogP contribution < -0.4 is 5.73 Å². The Morgan fingerprint density at radius 2 is 2.12 bits per heavy atom. The van der Waals surface area contributed by atoms with E-state index in [2.05, 4.69) is 17.1 Å². The van der Waals surface area contributed by atoms with Gasteiger partial charge < -0.3 is 15.2 Å². The average molecular weight is 399 g/mol. The van der Waals surface area contributed by atoms with E-state index in [-0.39, 0.29) is 23.7 Å². The lowest BCUT2D eigenvalue weighted by Gasteiger charge is -2.22. The molecule has 2 heterocycles. The molecule has 0 spiro atoms. The van der Waals surface area contributed by atoms with Crippen molar-refractivity contribution in [2.45, 2.75) is 32.6 Å². The molecule has 2 aromatic rings. The lowest BCUT2D eigenvalue weighted by molar-refractivity contribution is -0.130. The minimum Gasteiger partial charge on any atom is -0.342 e. The van der Waals surface area contributed by atoms with Crippen LogP contribution in [0.5, 0.6) is 0 Å². The third-order valence-corrected chi connectivity index (χ3v) is 5.01. The maximum Gasteiger partial charge on any atom is 0.226 e. The standard InChI is InChI=1S/C18H23ClN4O2.ClH/c1-18(11-20)9-10-23(12-18)16(24)4-2-3-15-21-17(22-25-15)13-5-7-14(19)8-6-13;/h5-8H,2-4,9-12,20H2,1H3;1H. The number of nitrogens with two attached hydrogens (primary N) is 1. The molecule has 1 aliphatic rings. The number of benzene rings is 1. The van der Waals surface area contributed by atoms with E-state index >= 15 is 0 Å². The Balaban J connectivity index is 0.00000243. The first-order valence-corrected chi connectivity index (χ1v) is 8.93. The Labute approximate surface area is 164 Å². The fraction of sp³-hybridized carbons (Fsp3) is 0.500. The smallest absolute Gasteiger partial charge is 0.226 e. The Kier molecular flexibility index (Phi) is 7.03.